The molecule has 2 aliphatic heterocycles. The number of aromatic nitrogens is 1. The molecular formula is C23H29N3O3. The van der Waals surface area contributed by atoms with Crippen molar-refractivity contribution in [3.63, 3.8) is 0 Å². The van der Waals surface area contributed by atoms with Gasteiger partial charge in [-0.1, -0.05) is 39.0 Å². The van der Waals surface area contributed by atoms with Gasteiger partial charge in [0.05, 0.1) is 6.04 Å². The lowest BCUT2D eigenvalue weighted by atomic mass is 9.74. The molecule has 3 atom stereocenters. The summed E-state index contributed by atoms with van der Waals surface area (Å²) in [7, 11) is 0. The van der Waals surface area contributed by atoms with E-state index in [1.165, 1.54) is 0 Å². The molecule has 154 valence electrons. The highest BCUT2D eigenvalue weighted by Crippen LogP contribution is 2.38. The zero-order chi connectivity index (χ0) is 20.8. The van der Waals surface area contributed by atoms with E-state index in [9.17, 15) is 14.4 Å². The molecule has 6 nitrogen and oxygen atoms in total. The lowest BCUT2D eigenvalue weighted by molar-refractivity contribution is -0.142. The molecule has 4 rings (SSSR count). The maximum Gasteiger partial charge on any atom is 0.239 e. The molecule has 2 aromatic rings. The van der Waals surface area contributed by atoms with Gasteiger partial charge in [-0.3, -0.25) is 19.7 Å². The Morgan fingerprint density at radius 3 is 2.59 bits per heavy atom. The highest BCUT2D eigenvalue weighted by atomic mass is 16.2. The van der Waals surface area contributed by atoms with E-state index in [0.717, 1.165) is 28.6 Å². The fraction of sp³-hybridized carbons (Fsp3) is 0.522. The Morgan fingerprint density at radius 1 is 1.07 bits per heavy atom. The molecule has 1 fully saturated rings. The molecule has 1 aromatic heterocycles. The number of carbonyl (C=O) groups excluding carboxylic acids is 3. The molecule has 3 heterocycles. The maximum atomic E-state index is 13.6. The molecule has 0 aliphatic carbocycles. The minimum absolute atomic E-state index is 0.0597. The first-order chi connectivity index (χ1) is 13.7. The molecule has 6 heteroatoms. The van der Waals surface area contributed by atoms with E-state index in [4.69, 9.17) is 0 Å². The summed E-state index contributed by atoms with van der Waals surface area (Å²) < 4.78 is 0. The normalized spacial score (nSPS) is 26.0. The van der Waals surface area contributed by atoms with E-state index in [2.05, 4.69) is 42.5 Å². The van der Waals surface area contributed by atoms with Gasteiger partial charge in [0.1, 0.15) is 11.7 Å². The van der Waals surface area contributed by atoms with Crippen molar-refractivity contribution in [3.05, 3.63) is 35.5 Å². The largest absolute Gasteiger partial charge is 0.357 e. The summed E-state index contributed by atoms with van der Waals surface area (Å²) in [5.74, 6) is -2.05. The van der Waals surface area contributed by atoms with Crippen molar-refractivity contribution in [1.29, 1.82) is 0 Å². The van der Waals surface area contributed by atoms with Gasteiger partial charge in [-0.2, -0.15) is 0 Å². The van der Waals surface area contributed by atoms with Crippen LogP contribution in [0, 0.1) is 17.3 Å². The van der Waals surface area contributed by atoms with Crippen molar-refractivity contribution in [2.24, 2.45) is 17.3 Å². The van der Waals surface area contributed by atoms with Gasteiger partial charge in [-0.25, -0.2) is 0 Å². The van der Waals surface area contributed by atoms with Gasteiger partial charge >= 0.3 is 0 Å². The fourth-order valence-corrected chi connectivity index (χ4v) is 4.86. The third-order valence-corrected chi connectivity index (χ3v) is 6.06. The molecule has 0 saturated carbocycles. The first-order valence-electron chi connectivity index (χ1n) is 10.4. The minimum Gasteiger partial charge on any atom is -0.357 e. The molecule has 0 radical (unpaired) electrons. The summed E-state index contributed by atoms with van der Waals surface area (Å²) in [5.41, 5.74) is 3.00. The van der Waals surface area contributed by atoms with Crippen LogP contribution in [0.25, 0.3) is 10.9 Å². The van der Waals surface area contributed by atoms with Crippen molar-refractivity contribution < 1.29 is 14.4 Å². The van der Waals surface area contributed by atoms with Gasteiger partial charge in [-0.15, -0.1) is 0 Å². The fourth-order valence-electron chi connectivity index (χ4n) is 4.86. The molecule has 3 unspecified atom stereocenters. The number of para-hydroxylation sites is 1. The molecule has 2 aliphatic rings. The molecule has 3 N–H and O–H groups in total. The van der Waals surface area contributed by atoms with Crippen LogP contribution < -0.4 is 10.6 Å². The number of ketones is 1. The summed E-state index contributed by atoms with van der Waals surface area (Å²) >= 11 is 0. The van der Waals surface area contributed by atoms with Crippen molar-refractivity contribution in [2.75, 3.05) is 6.54 Å². The summed E-state index contributed by atoms with van der Waals surface area (Å²) in [4.78, 5) is 42.3. The van der Waals surface area contributed by atoms with E-state index in [1.807, 2.05) is 18.2 Å². The second-order valence-electron chi connectivity index (χ2n) is 9.54. The Balaban J connectivity index is 1.76. The van der Waals surface area contributed by atoms with Crippen molar-refractivity contribution in [1.82, 2.24) is 15.6 Å². The van der Waals surface area contributed by atoms with E-state index in [-0.39, 0.29) is 29.4 Å². The van der Waals surface area contributed by atoms with Crippen LogP contribution in [0.4, 0.5) is 0 Å². The summed E-state index contributed by atoms with van der Waals surface area (Å²) in [5, 5.41) is 6.98. The van der Waals surface area contributed by atoms with Gasteiger partial charge in [0, 0.05) is 28.9 Å². The highest BCUT2D eigenvalue weighted by Gasteiger charge is 2.44. The van der Waals surface area contributed by atoms with Gasteiger partial charge in [0.25, 0.3) is 0 Å². The predicted molar refractivity (Wildman–Crippen MR) is 111 cm³/mol. The highest BCUT2D eigenvalue weighted by molar-refractivity contribution is 6.09. The molecule has 1 saturated heterocycles. The van der Waals surface area contributed by atoms with E-state index < -0.39 is 17.9 Å². The van der Waals surface area contributed by atoms with Gasteiger partial charge < -0.3 is 10.3 Å². The second kappa shape index (κ2) is 7.41. The lowest BCUT2D eigenvalue weighted by Crippen LogP contribution is -2.50. The van der Waals surface area contributed by atoms with Gasteiger partial charge in [0.2, 0.25) is 11.8 Å². The number of benzene rings is 1. The van der Waals surface area contributed by atoms with Gasteiger partial charge in [0.15, 0.2) is 0 Å². The first kappa shape index (κ1) is 19.8. The topological polar surface area (TPSA) is 91.1 Å². The number of fused-ring (bicyclic) bond motifs is 3. The molecule has 0 spiro atoms. The number of hydrogen-bond acceptors (Lipinski definition) is 4. The number of H-pyrrole nitrogens is 1. The monoisotopic (exact) mass is 395 g/mol. The quantitative estimate of drug-likeness (QED) is 0.538. The van der Waals surface area contributed by atoms with Crippen LogP contribution in [-0.4, -0.2) is 29.1 Å². The predicted octanol–water partition coefficient (Wildman–Crippen LogP) is 3.03. The van der Waals surface area contributed by atoms with Gasteiger partial charge in [-0.05, 0) is 42.9 Å². The molecule has 1 aromatic carbocycles. The van der Waals surface area contributed by atoms with Crippen LogP contribution in [0.3, 0.4) is 0 Å². The average Bonchev–Trinajstić information content (AvgIpc) is 3.03. The van der Waals surface area contributed by atoms with Crippen LogP contribution in [0.15, 0.2) is 24.3 Å². The molecule has 29 heavy (non-hydrogen) atoms. The maximum absolute atomic E-state index is 13.6. The zero-order valence-electron chi connectivity index (χ0n) is 17.3. The van der Waals surface area contributed by atoms with E-state index in [1.54, 1.807) is 0 Å². The molecule has 2 amide bonds. The van der Waals surface area contributed by atoms with Crippen LogP contribution in [0.5, 0.6) is 0 Å². The summed E-state index contributed by atoms with van der Waals surface area (Å²) in [6, 6.07) is 7.60. The van der Waals surface area contributed by atoms with Crippen LogP contribution in [0.2, 0.25) is 0 Å². The van der Waals surface area contributed by atoms with Crippen LogP contribution in [-0.2, 0) is 20.8 Å². The number of amides is 2. The number of aromatic amines is 1. The number of rotatable bonds is 2. The smallest absolute Gasteiger partial charge is 0.239 e. The third-order valence-electron chi connectivity index (χ3n) is 6.06. The van der Waals surface area contributed by atoms with E-state index in [0.29, 0.717) is 19.4 Å². The van der Waals surface area contributed by atoms with Crippen LogP contribution >= 0.6 is 0 Å². The average molecular weight is 396 g/mol. The Bertz CT molecular complexity index is 969. The third kappa shape index (κ3) is 3.86. The second-order valence-corrected chi connectivity index (χ2v) is 9.54. The Morgan fingerprint density at radius 2 is 1.83 bits per heavy atom. The van der Waals surface area contributed by atoms with Crippen molar-refractivity contribution in [3.8, 4) is 0 Å². The molecular weight excluding hydrogens is 366 g/mol. The number of imide groups is 1. The Labute approximate surface area is 170 Å². The number of hydrogen-bond donors (Lipinski definition) is 3. The number of Topliss-reactive ketones (excluding diaryl/α,β-unsaturated/α-hetero) is 1. The Kier molecular flexibility index (Phi) is 5.07. The van der Waals surface area contributed by atoms with Crippen LogP contribution in [0.1, 0.15) is 57.3 Å². The molecule has 0 bridgehead atoms. The zero-order valence-corrected chi connectivity index (χ0v) is 17.3. The summed E-state index contributed by atoms with van der Waals surface area (Å²) in [6.45, 7) is 6.95. The first-order valence-corrected chi connectivity index (χ1v) is 10.4. The number of nitrogens with one attached hydrogen (secondary N) is 3. The van der Waals surface area contributed by atoms with E-state index >= 15 is 0 Å². The van der Waals surface area contributed by atoms with Crippen molar-refractivity contribution in [2.45, 2.75) is 52.5 Å². The standard InChI is InChI=1S/C23H29N3O3/c1-23(2,3)12-13-8-9-17(27)26-22(29)18(21(13)28)20-19-15(10-11-24-20)14-6-4-5-7-16(14)25-19/h4-7,13,18,20,24-25H,8-12H2,1-3H3,(H,26,27,29). The summed E-state index contributed by atoms with van der Waals surface area (Å²) in [6.07, 6.45) is 2.19. The lowest BCUT2D eigenvalue weighted by Gasteiger charge is -2.34. The SMILES string of the molecule is CC(C)(C)CC1CCC(=O)NC(=O)C(C2NCCc3c2[nH]c2ccccc32)C1=O. The number of carbonyl (C=O) groups is 3. The Hall–Kier alpha value is -2.47. The van der Waals surface area contributed by atoms with Crippen molar-refractivity contribution >= 4 is 28.5 Å². The minimum atomic E-state index is -0.918.